The number of benzene rings is 2. The molecule has 2 rings (SSSR count). The molecule has 0 aliphatic carbocycles. The molecule has 0 fully saturated rings. The highest BCUT2D eigenvalue weighted by Crippen LogP contribution is 2.07. The topological polar surface area (TPSA) is 0 Å². The lowest BCUT2D eigenvalue weighted by molar-refractivity contribution is 1.65. The van der Waals surface area contributed by atoms with Crippen LogP contribution >= 0.6 is 11.6 Å². The fraction of sp³-hybridized carbons (Fsp3) is 0.143. The molecule has 0 aliphatic rings. The minimum Gasteiger partial charge on any atom is -0.129 e. The highest BCUT2D eigenvalue weighted by Gasteiger charge is 2.30. The van der Waals surface area contributed by atoms with Crippen molar-refractivity contribution in [3.63, 3.8) is 0 Å². The first-order chi connectivity index (χ1) is 7.77. The summed E-state index contributed by atoms with van der Waals surface area (Å²) in [7, 11) is -1.71. The summed E-state index contributed by atoms with van der Waals surface area (Å²) in [6.45, 7) is 2.32. The van der Waals surface area contributed by atoms with E-state index in [4.69, 9.17) is 11.6 Å². The second-order valence-electron chi connectivity index (χ2n) is 4.20. The molecule has 3 heteroatoms. The maximum Gasteiger partial charge on any atom is 0.316 e. The fourth-order valence-electron chi connectivity index (χ4n) is 1.93. The van der Waals surface area contributed by atoms with Gasteiger partial charge in [0, 0.05) is 5.50 Å². The highest BCUT2D eigenvalue weighted by atomic mass is 35.5. The zero-order valence-electron chi connectivity index (χ0n) is 9.36. The number of alkyl halides is 1. The summed E-state index contributed by atoms with van der Waals surface area (Å²) in [6, 6.07) is 21.3. The first kappa shape index (κ1) is 14.8. The van der Waals surface area contributed by atoms with Crippen LogP contribution in [0.5, 0.6) is 0 Å². The third kappa shape index (κ3) is 3.13. The van der Waals surface area contributed by atoms with Crippen LogP contribution in [0.15, 0.2) is 60.7 Å². The van der Waals surface area contributed by atoms with Gasteiger partial charge in [0.2, 0.25) is 0 Å². The number of halogens is 1. The first-order valence-electron chi connectivity index (χ1n) is 5.44. The van der Waals surface area contributed by atoms with Gasteiger partial charge >= 0.3 is 23.1 Å². The second kappa shape index (κ2) is 6.59. The van der Waals surface area contributed by atoms with Crippen molar-refractivity contribution in [2.24, 2.45) is 0 Å². The van der Waals surface area contributed by atoms with Crippen LogP contribution in [0.3, 0.4) is 0 Å². The molecule has 0 N–H and O–H groups in total. The molecular weight excluding hydrogens is 256 g/mol. The van der Waals surface area contributed by atoms with E-state index in [2.05, 4.69) is 67.2 Å². The molecule has 0 spiro atoms. The molecule has 0 atom stereocenters. The van der Waals surface area contributed by atoms with Crippen molar-refractivity contribution < 1.29 is 0 Å². The van der Waals surface area contributed by atoms with Crippen LogP contribution in [-0.4, -0.2) is 36.6 Å². The minimum atomic E-state index is -1.71. The van der Waals surface area contributed by atoms with Gasteiger partial charge in [-0.3, -0.25) is 0 Å². The fourth-order valence-corrected chi connectivity index (χ4v) is 5.36. The number of hydrogen-bond acceptors (Lipinski definition) is 0. The summed E-state index contributed by atoms with van der Waals surface area (Å²) in [4.78, 5) is 0. The maximum absolute atomic E-state index is 6.24. The van der Waals surface area contributed by atoms with E-state index < -0.39 is 8.07 Å². The zero-order chi connectivity index (χ0) is 11.4. The molecule has 0 nitrogen and oxygen atoms in total. The smallest absolute Gasteiger partial charge is 0.129 e. The average molecular weight is 273 g/mol. The van der Waals surface area contributed by atoms with E-state index in [9.17, 15) is 0 Å². The van der Waals surface area contributed by atoms with Gasteiger partial charge in [-0.05, 0) is 0 Å². The van der Waals surface area contributed by atoms with E-state index in [-0.39, 0.29) is 23.1 Å². The lowest BCUT2D eigenvalue weighted by Gasteiger charge is -2.25. The standard InChI is InChI=1S/C14H15ClSi.Mg.2H/c1-16(12-15,13-8-4-2-5-9-13)14-10-6-3-7-11-14;;;/h2-11H,12H2,1H3;;;. The summed E-state index contributed by atoms with van der Waals surface area (Å²) in [5, 5.41) is 2.80. The molecule has 0 amide bonds. The van der Waals surface area contributed by atoms with E-state index >= 15 is 0 Å². The Balaban J connectivity index is 0.00000144. The SMILES string of the molecule is C[Si](CCl)(c1ccccc1)c1ccccc1.[MgH2]. The third-order valence-corrected chi connectivity index (χ3v) is 8.44. The van der Waals surface area contributed by atoms with Crippen LogP contribution < -0.4 is 10.4 Å². The molecule has 2 aromatic rings. The van der Waals surface area contributed by atoms with Crippen LogP contribution in [0.25, 0.3) is 0 Å². The van der Waals surface area contributed by atoms with Gasteiger partial charge in [-0.25, -0.2) is 0 Å². The first-order valence-corrected chi connectivity index (χ1v) is 8.68. The predicted octanol–water partition coefficient (Wildman–Crippen LogP) is 1.74. The van der Waals surface area contributed by atoms with Crippen molar-refractivity contribution >= 4 is 53.1 Å². The lowest BCUT2D eigenvalue weighted by atomic mass is 10.4. The summed E-state index contributed by atoms with van der Waals surface area (Å²) in [5.41, 5.74) is 0.723. The van der Waals surface area contributed by atoms with Crippen LogP contribution in [0.4, 0.5) is 0 Å². The van der Waals surface area contributed by atoms with Gasteiger partial charge in [0.1, 0.15) is 8.07 Å². The van der Waals surface area contributed by atoms with Crippen molar-refractivity contribution in [1.29, 1.82) is 0 Å². The van der Waals surface area contributed by atoms with Gasteiger partial charge in [0.15, 0.2) is 0 Å². The summed E-state index contributed by atoms with van der Waals surface area (Å²) < 4.78 is 0. The molecule has 0 saturated carbocycles. The Morgan fingerprint density at radius 1 is 0.824 bits per heavy atom. The summed E-state index contributed by atoms with van der Waals surface area (Å²) >= 11 is 6.24. The molecule has 0 heterocycles. The average Bonchev–Trinajstić information content (AvgIpc) is 2.40. The molecule has 0 unspecified atom stereocenters. The molecule has 2 aromatic carbocycles. The van der Waals surface area contributed by atoms with Crippen molar-refractivity contribution in [3.8, 4) is 0 Å². The zero-order valence-corrected chi connectivity index (χ0v) is 11.1. The van der Waals surface area contributed by atoms with Crippen molar-refractivity contribution in [2.45, 2.75) is 6.55 Å². The van der Waals surface area contributed by atoms with Gasteiger partial charge in [0.05, 0.1) is 0 Å². The largest absolute Gasteiger partial charge is 0.316 e. The predicted molar refractivity (Wildman–Crippen MR) is 83.0 cm³/mol. The van der Waals surface area contributed by atoms with Crippen LogP contribution in [0.1, 0.15) is 0 Å². The van der Waals surface area contributed by atoms with E-state index in [0.29, 0.717) is 0 Å². The highest BCUT2D eigenvalue weighted by molar-refractivity contribution is 7.04. The molecule has 0 radical (unpaired) electrons. The monoisotopic (exact) mass is 272 g/mol. The Morgan fingerprint density at radius 3 is 1.47 bits per heavy atom. The van der Waals surface area contributed by atoms with Crippen LogP contribution in [-0.2, 0) is 0 Å². The lowest BCUT2D eigenvalue weighted by Crippen LogP contribution is -2.57. The van der Waals surface area contributed by atoms with E-state index in [1.54, 1.807) is 0 Å². The number of rotatable bonds is 3. The third-order valence-electron chi connectivity index (χ3n) is 3.09. The van der Waals surface area contributed by atoms with Gasteiger partial charge in [-0.2, -0.15) is 0 Å². The summed E-state index contributed by atoms with van der Waals surface area (Å²) in [5.74, 6) is 0. The van der Waals surface area contributed by atoms with Crippen LogP contribution in [0.2, 0.25) is 6.55 Å². The van der Waals surface area contributed by atoms with Crippen molar-refractivity contribution in [1.82, 2.24) is 0 Å². The Kier molecular flexibility index (Phi) is 5.73. The quantitative estimate of drug-likeness (QED) is 0.590. The van der Waals surface area contributed by atoms with E-state index in [1.165, 1.54) is 10.4 Å². The van der Waals surface area contributed by atoms with Crippen molar-refractivity contribution in [3.05, 3.63) is 60.7 Å². The van der Waals surface area contributed by atoms with Crippen molar-refractivity contribution in [2.75, 3.05) is 5.50 Å². The maximum atomic E-state index is 6.24. The van der Waals surface area contributed by atoms with Gasteiger partial charge in [0.25, 0.3) is 0 Å². The Labute approximate surface area is 125 Å². The minimum absolute atomic E-state index is 0. The second-order valence-corrected chi connectivity index (χ2v) is 9.09. The van der Waals surface area contributed by atoms with Gasteiger partial charge < -0.3 is 0 Å². The van der Waals surface area contributed by atoms with E-state index in [0.717, 1.165) is 5.50 Å². The Hall–Kier alpha value is -0.287. The Bertz CT molecular complexity index is 405. The molecule has 0 aromatic heterocycles. The molecule has 0 aliphatic heterocycles. The van der Waals surface area contributed by atoms with Gasteiger partial charge in [-0.1, -0.05) is 77.6 Å². The number of hydrogen-bond donors (Lipinski definition) is 0. The molecular formula is C14H17ClMgSi. The Morgan fingerprint density at radius 2 is 1.18 bits per heavy atom. The van der Waals surface area contributed by atoms with Crippen LogP contribution in [0, 0.1) is 0 Å². The molecule has 0 saturated heterocycles. The molecule has 0 bridgehead atoms. The normalized spacial score (nSPS) is 10.7. The van der Waals surface area contributed by atoms with E-state index in [1.807, 2.05) is 0 Å². The molecule has 86 valence electrons. The molecule has 17 heavy (non-hydrogen) atoms. The summed E-state index contributed by atoms with van der Waals surface area (Å²) in [6.07, 6.45) is 0. The van der Waals surface area contributed by atoms with Gasteiger partial charge in [-0.15, -0.1) is 11.6 Å².